The summed E-state index contributed by atoms with van der Waals surface area (Å²) in [4.78, 5) is 23.7. The van der Waals surface area contributed by atoms with Gasteiger partial charge in [-0.25, -0.2) is 18.0 Å². The van der Waals surface area contributed by atoms with E-state index >= 15 is 0 Å². The lowest BCUT2D eigenvalue weighted by Gasteiger charge is -2.36. The van der Waals surface area contributed by atoms with Gasteiger partial charge in [0.1, 0.15) is 17.2 Å². The fraction of sp³-hybridized carbons (Fsp3) is 0.133. The summed E-state index contributed by atoms with van der Waals surface area (Å²) in [6, 6.07) is 26.8. The largest absolute Gasteiger partial charge is 0.480 e. The van der Waals surface area contributed by atoms with Crippen LogP contribution in [0.3, 0.4) is 0 Å². The lowest BCUT2D eigenvalue weighted by molar-refractivity contribution is -0.143. The third-order valence-corrected chi connectivity index (χ3v) is 9.18. The molecule has 1 atom stereocenters. The molecule has 9 nitrogen and oxygen atoms in total. The number of hydrogen-bond acceptors (Lipinski definition) is 5. The van der Waals surface area contributed by atoms with Crippen molar-refractivity contribution in [2.75, 3.05) is 19.6 Å². The molecule has 40 heavy (non-hydrogen) atoms. The van der Waals surface area contributed by atoms with E-state index in [-0.39, 0.29) is 18.0 Å². The Labute approximate surface area is 229 Å². The molecular weight excluding hydrogens is 532 g/mol. The van der Waals surface area contributed by atoms with Crippen LogP contribution in [0.4, 0.5) is 4.79 Å². The van der Waals surface area contributed by atoms with Gasteiger partial charge in [-0.3, -0.25) is 4.90 Å². The average molecular weight is 557 g/mol. The van der Waals surface area contributed by atoms with Gasteiger partial charge >= 0.3 is 12.1 Å². The first kappa shape index (κ1) is 25.6. The summed E-state index contributed by atoms with van der Waals surface area (Å²) in [6.07, 6.45) is -1.39. The highest BCUT2D eigenvalue weighted by atomic mass is 32.2. The number of aliphatic carboxylic acids is 1. The van der Waals surface area contributed by atoms with E-state index in [4.69, 9.17) is 4.42 Å². The lowest BCUT2D eigenvalue weighted by atomic mass is 9.99. The molecule has 1 aliphatic rings. The monoisotopic (exact) mass is 556 g/mol. The van der Waals surface area contributed by atoms with Crippen LogP contribution in [0, 0.1) is 0 Å². The summed E-state index contributed by atoms with van der Waals surface area (Å²) in [5, 5.41) is 20.8. The van der Waals surface area contributed by atoms with Gasteiger partial charge in [0.15, 0.2) is 0 Å². The molecule has 6 rings (SSSR count). The van der Waals surface area contributed by atoms with Crippen LogP contribution in [-0.2, 0) is 14.8 Å². The Balaban J connectivity index is 1.24. The zero-order chi connectivity index (χ0) is 28.0. The number of carboxylic acid groups (broad SMARTS) is 2. The summed E-state index contributed by atoms with van der Waals surface area (Å²) in [5.41, 5.74) is 5.32. The molecule has 2 N–H and O–H groups in total. The summed E-state index contributed by atoms with van der Waals surface area (Å²) in [5.74, 6) is -1.39. The highest BCUT2D eigenvalue weighted by Gasteiger charge is 2.40. The molecule has 5 aromatic rings. The van der Waals surface area contributed by atoms with E-state index in [0.717, 1.165) is 53.4 Å². The Kier molecular flexibility index (Phi) is 6.28. The minimum Gasteiger partial charge on any atom is -0.480 e. The lowest BCUT2D eigenvalue weighted by Crippen LogP contribution is -2.59. The Bertz CT molecular complexity index is 1860. The van der Waals surface area contributed by atoms with Gasteiger partial charge in [0.2, 0.25) is 10.0 Å². The maximum atomic E-state index is 13.2. The van der Waals surface area contributed by atoms with Crippen LogP contribution in [0.2, 0.25) is 0 Å². The Morgan fingerprint density at radius 3 is 2.05 bits per heavy atom. The van der Waals surface area contributed by atoms with Gasteiger partial charge in [-0.1, -0.05) is 72.8 Å². The first-order valence-corrected chi connectivity index (χ1v) is 14.0. The molecule has 1 aromatic heterocycles. The highest BCUT2D eigenvalue weighted by Crippen LogP contribution is 2.36. The zero-order valence-corrected chi connectivity index (χ0v) is 21.9. The van der Waals surface area contributed by atoms with Crippen LogP contribution in [0.5, 0.6) is 0 Å². The van der Waals surface area contributed by atoms with Crippen LogP contribution in [0.15, 0.2) is 100 Å². The number of rotatable bonds is 5. The van der Waals surface area contributed by atoms with E-state index in [1.54, 1.807) is 12.1 Å². The molecule has 202 valence electrons. The van der Waals surface area contributed by atoms with Crippen LogP contribution in [-0.4, -0.2) is 65.6 Å². The first-order chi connectivity index (χ1) is 19.2. The summed E-state index contributed by atoms with van der Waals surface area (Å²) in [6.45, 7) is -0.803. The van der Waals surface area contributed by atoms with Crippen LogP contribution >= 0.6 is 0 Å². The predicted molar refractivity (Wildman–Crippen MR) is 150 cm³/mol. The molecule has 0 saturated carbocycles. The van der Waals surface area contributed by atoms with E-state index in [1.165, 1.54) is 12.1 Å². The van der Waals surface area contributed by atoms with Gasteiger partial charge in [0, 0.05) is 36.0 Å². The van der Waals surface area contributed by atoms with Crippen LogP contribution < -0.4 is 0 Å². The molecule has 1 aliphatic heterocycles. The second-order valence-corrected chi connectivity index (χ2v) is 11.5. The van der Waals surface area contributed by atoms with Crippen molar-refractivity contribution in [3.05, 3.63) is 91.0 Å². The van der Waals surface area contributed by atoms with Crippen molar-refractivity contribution in [3.63, 3.8) is 0 Å². The fourth-order valence-corrected chi connectivity index (χ4v) is 6.64. The summed E-state index contributed by atoms with van der Waals surface area (Å²) in [7, 11) is -4.01. The minimum atomic E-state index is -4.01. The summed E-state index contributed by atoms with van der Waals surface area (Å²) >= 11 is 0. The van der Waals surface area contributed by atoms with E-state index in [2.05, 4.69) is 0 Å². The SMILES string of the molecule is O=C(O)C1CN(S(=O)(=O)c2ccc(-c3ccc(-c4cccc5c4oc4ccccc45)cc3)cc2)CCN1C(=O)O. The van der Waals surface area contributed by atoms with Gasteiger partial charge in [-0.05, 0) is 34.9 Å². The van der Waals surface area contributed by atoms with Gasteiger partial charge in [-0.15, -0.1) is 0 Å². The average Bonchev–Trinajstić information content (AvgIpc) is 3.36. The van der Waals surface area contributed by atoms with Crippen molar-refractivity contribution in [2.45, 2.75) is 10.9 Å². The highest BCUT2D eigenvalue weighted by molar-refractivity contribution is 7.89. The maximum absolute atomic E-state index is 13.2. The normalized spacial score (nSPS) is 16.4. The molecule has 1 unspecified atom stereocenters. The van der Waals surface area contributed by atoms with Crippen molar-refractivity contribution < 1.29 is 32.6 Å². The van der Waals surface area contributed by atoms with Gasteiger partial charge in [0.05, 0.1) is 4.90 Å². The predicted octanol–water partition coefficient (Wildman–Crippen LogP) is 5.36. The van der Waals surface area contributed by atoms with E-state index in [0.29, 0.717) is 0 Å². The smallest absolute Gasteiger partial charge is 0.408 e. The molecule has 0 radical (unpaired) electrons. The van der Waals surface area contributed by atoms with Crippen molar-refractivity contribution in [1.82, 2.24) is 9.21 Å². The molecule has 0 bridgehead atoms. The molecule has 0 spiro atoms. The number of nitrogens with zero attached hydrogens (tertiary/aromatic N) is 2. The zero-order valence-electron chi connectivity index (χ0n) is 21.1. The maximum Gasteiger partial charge on any atom is 0.408 e. The number of carbonyl (C=O) groups is 2. The number of benzene rings is 4. The number of fused-ring (bicyclic) bond motifs is 3. The summed E-state index contributed by atoms with van der Waals surface area (Å²) < 4.78 is 33.6. The fourth-order valence-electron chi connectivity index (χ4n) is 5.20. The Hall–Kier alpha value is -4.67. The molecule has 10 heteroatoms. The number of para-hydroxylation sites is 2. The number of piperazine rings is 1. The van der Waals surface area contributed by atoms with Crippen molar-refractivity contribution >= 4 is 44.0 Å². The number of sulfonamides is 1. The van der Waals surface area contributed by atoms with E-state index in [9.17, 15) is 28.2 Å². The number of furan rings is 1. The minimum absolute atomic E-state index is 0.0114. The molecule has 1 fully saturated rings. The molecule has 0 aliphatic carbocycles. The van der Waals surface area contributed by atoms with Gasteiger partial charge < -0.3 is 14.6 Å². The molecule has 1 amide bonds. The van der Waals surface area contributed by atoms with Crippen molar-refractivity contribution in [2.24, 2.45) is 0 Å². The first-order valence-electron chi connectivity index (χ1n) is 12.6. The van der Waals surface area contributed by atoms with Crippen molar-refractivity contribution in [3.8, 4) is 22.3 Å². The van der Waals surface area contributed by atoms with Gasteiger partial charge in [-0.2, -0.15) is 4.31 Å². The molecule has 4 aromatic carbocycles. The van der Waals surface area contributed by atoms with E-state index in [1.807, 2.05) is 66.7 Å². The number of carboxylic acids is 1. The molecule has 2 heterocycles. The number of amides is 1. The topological polar surface area (TPSA) is 128 Å². The Morgan fingerprint density at radius 2 is 1.38 bits per heavy atom. The molecule has 1 saturated heterocycles. The Morgan fingerprint density at radius 1 is 0.750 bits per heavy atom. The van der Waals surface area contributed by atoms with Gasteiger partial charge in [0.25, 0.3) is 0 Å². The second-order valence-electron chi connectivity index (χ2n) is 9.58. The van der Waals surface area contributed by atoms with Crippen LogP contribution in [0.1, 0.15) is 0 Å². The van der Waals surface area contributed by atoms with Crippen LogP contribution in [0.25, 0.3) is 44.2 Å². The van der Waals surface area contributed by atoms with Crippen molar-refractivity contribution in [1.29, 1.82) is 0 Å². The standard InChI is InChI=1S/C30H24N2O7S/c33-29(34)26-18-31(16-17-32(26)30(35)36)40(37,38)22-14-12-20(13-15-22)19-8-10-21(11-9-19)23-5-3-6-25-24-4-1-2-7-27(24)39-28(23)25/h1-15,26H,16-18H2,(H,33,34)(H,35,36). The number of hydrogen-bond donors (Lipinski definition) is 2. The second kappa shape index (κ2) is 9.82. The third kappa shape index (κ3) is 4.37. The third-order valence-electron chi connectivity index (χ3n) is 7.30. The molecular formula is C30H24N2O7S. The quantitative estimate of drug-likeness (QED) is 0.298. The van der Waals surface area contributed by atoms with E-state index < -0.39 is 34.7 Å².